The maximum Gasteiger partial charge on any atom is 0.322 e. The summed E-state index contributed by atoms with van der Waals surface area (Å²) in [7, 11) is 3.77. The average molecular weight is 515 g/mol. The van der Waals surface area contributed by atoms with Gasteiger partial charge >= 0.3 is 6.03 Å². The van der Waals surface area contributed by atoms with Gasteiger partial charge in [0.2, 0.25) is 0 Å². The summed E-state index contributed by atoms with van der Waals surface area (Å²) >= 11 is 0. The van der Waals surface area contributed by atoms with Crippen molar-refractivity contribution in [3.8, 4) is 11.5 Å². The third-order valence-electron chi connectivity index (χ3n) is 7.24. The normalized spacial score (nSPS) is 17.5. The van der Waals surface area contributed by atoms with E-state index in [0.717, 1.165) is 83.1 Å². The van der Waals surface area contributed by atoms with E-state index < -0.39 is 0 Å². The SMILES string of the molecule is COc1cc(N(C(=O)NCCCn2cncc2C)C2CCN(C)CC2)ccc1OCCN1CCOCC1. The van der Waals surface area contributed by atoms with Gasteiger partial charge in [-0.2, -0.15) is 0 Å². The first-order valence-corrected chi connectivity index (χ1v) is 13.4. The van der Waals surface area contributed by atoms with Gasteiger partial charge in [-0.05, 0) is 58.5 Å². The number of benzene rings is 1. The van der Waals surface area contributed by atoms with Crippen LogP contribution in [0.3, 0.4) is 0 Å². The lowest BCUT2D eigenvalue weighted by molar-refractivity contribution is 0.0321. The molecule has 0 spiro atoms. The molecule has 0 aliphatic carbocycles. The van der Waals surface area contributed by atoms with Gasteiger partial charge in [0.1, 0.15) is 6.61 Å². The van der Waals surface area contributed by atoms with Gasteiger partial charge < -0.3 is 29.0 Å². The molecule has 3 heterocycles. The van der Waals surface area contributed by atoms with E-state index in [-0.39, 0.29) is 12.1 Å². The smallest absolute Gasteiger partial charge is 0.322 e. The molecule has 2 aliphatic heterocycles. The van der Waals surface area contributed by atoms with Crippen molar-refractivity contribution in [3.63, 3.8) is 0 Å². The first-order chi connectivity index (χ1) is 18.0. The molecule has 1 N–H and O–H groups in total. The van der Waals surface area contributed by atoms with Gasteiger partial charge in [0.25, 0.3) is 0 Å². The topological polar surface area (TPSA) is 84.3 Å². The molecule has 0 bridgehead atoms. The van der Waals surface area contributed by atoms with E-state index >= 15 is 0 Å². The summed E-state index contributed by atoms with van der Waals surface area (Å²) in [5.74, 6) is 1.33. The third kappa shape index (κ3) is 7.59. The number of anilines is 1. The predicted molar refractivity (Wildman–Crippen MR) is 144 cm³/mol. The zero-order valence-electron chi connectivity index (χ0n) is 22.5. The number of likely N-dealkylation sites (tertiary alicyclic amines) is 1. The van der Waals surface area contributed by atoms with Crippen molar-refractivity contribution in [1.29, 1.82) is 0 Å². The minimum absolute atomic E-state index is 0.0695. The van der Waals surface area contributed by atoms with E-state index in [2.05, 4.69) is 31.7 Å². The van der Waals surface area contributed by atoms with Crippen LogP contribution < -0.4 is 19.7 Å². The third-order valence-corrected chi connectivity index (χ3v) is 7.24. The van der Waals surface area contributed by atoms with E-state index in [1.165, 1.54) is 0 Å². The second-order valence-corrected chi connectivity index (χ2v) is 9.86. The van der Waals surface area contributed by atoms with Crippen LogP contribution in [0.2, 0.25) is 0 Å². The molecule has 2 aliphatic rings. The Balaban J connectivity index is 1.40. The van der Waals surface area contributed by atoms with E-state index in [1.807, 2.05) is 42.5 Å². The van der Waals surface area contributed by atoms with Gasteiger partial charge in [-0.15, -0.1) is 0 Å². The molecule has 2 saturated heterocycles. The molecule has 1 aromatic carbocycles. The van der Waals surface area contributed by atoms with Gasteiger partial charge in [0.05, 0.1) is 26.7 Å². The van der Waals surface area contributed by atoms with Crippen molar-refractivity contribution in [2.45, 2.75) is 38.8 Å². The number of hydrogen-bond donors (Lipinski definition) is 1. The lowest BCUT2D eigenvalue weighted by Gasteiger charge is -2.37. The van der Waals surface area contributed by atoms with Crippen LogP contribution in [0.25, 0.3) is 0 Å². The van der Waals surface area contributed by atoms with Crippen LogP contribution in [-0.2, 0) is 11.3 Å². The van der Waals surface area contributed by atoms with Crippen LogP contribution in [0, 0.1) is 6.92 Å². The lowest BCUT2D eigenvalue weighted by Crippen LogP contribution is -2.50. The van der Waals surface area contributed by atoms with E-state index in [4.69, 9.17) is 14.2 Å². The highest BCUT2D eigenvalue weighted by atomic mass is 16.5. The number of piperidine rings is 1. The minimum atomic E-state index is -0.0695. The van der Waals surface area contributed by atoms with E-state index in [1.54, 1.807) is 7.11 Å². The van der Waals surface area contributed by atoms with Crippen LogP contribution in [0.15, 0.2) is 30.7 Å². The van der Waals surface area contributed by atoms with Crippen LogP contribution in [0.4, 0.5) is 10.5 Å². The second kappa shape index (κ2) is 13.6. The van der Waals surface area contributed by atoms with Crippen molar-refractivity contribution >= 4 is 11.7 Å². The Kier molecular flexibility index (Phi) is 10.0. The van der Waals surface area contributed by atoms with E-state index in [9.17, 15) is 4.79 Å². The van der Waals surface area contributed by atoms with Crippen molar-refractivity contribution in [2.75, 3.05) is 78.1 Å². The lowest BCUT2D eigenvalue weighted by atomic mass is 10.0. The minimum Gasteiger partial charge on any atom is -0.493 e. The first-order valence-electron chi connectivity index (χ1n) is 13.4. The molecule has 2 amide bonds. The van der Waals surface area contributed by atoms with Crippen molar-refractivity contribution in [1.82, 2.24) is 24.7 Å². The van der Waals surface area contributed by atoms with Crippen molar-refractivity contribution in [2.24, 2.45) is 0 Å². The number of rotatable bonds is 11. The van der Waals surface area contributed by atoms with Gasteiger partial charge in [-0.25, -0.2) is 9.78 Å². The monoisotopic (exact) mass is 514 g/mol. The molecular weight excluding hydrogens is 472 g/mol. The largest absolute Gasteiger partial charge is 0.493 e. The number of ether oxygens (including phenoxy) is 3. The van der Waals surface area contributed by atoms with Gasteiger partial charge in [-0.3, -0.25) is 9.80 Å². The van der Waals surface area contributed by atoms with Crippen LogP contribution in [-0.4, -0.2) is 105 Å². The quantitative estimate of drug-likeness (QED) is 0.462. The molecule has 0 unspecified atom stereocenters. The molecule has 37 heavy (non-hydrogen) atoms. The maximum absolute atomic E-state index is 13.5. The standard InChI is InChI=1S/C27H42N6O4/c1-22-20-28-21-32(22)10-4-9-29-27(34)33(23-7-11-30(2)12-8-23)24-5-6-25(26(19-24)35-3)37-18-15-31-13-16-36-17-14-31/h5-6,19-21,23H,4,7-18H2,1-3H3,(H,29,34). The molecule has 10 heteroatoms. The number of aryl methyl sites for hydroxylation is 2. The molecule has 0 atom stereocenters. The van der Waals surface area contributed by atoms with Gasteiger partial charge in [0, 0.05) is 62.4 Å². The van der Waals surface area contributed by atoms with Crippen molar-refractivity contribution < 1.29 is 19.0 Å². The number of carbonyl (C=O) groups is 1. The Hall–Kier alpha value is -2.82. The number of nitrogens with zero attached hydrogens (tertiary/aromatic N) is 5. The highest BCUT2D eigenvalue weighted by Gasteiger charge is 2.29. The molecular formula is C27H42N6O4. The molecule has 2 aromatic rings. The number of morpholine rings is 1. The summed E-state index contributed by atoms with van der Waals surface area (Å²) < 4.78 is 19.3. The van der Waals surface area contributed by atoms with E-state index in [0.29, 0.717) is 24.7 Å². The van der Waals surface area contributed by atoms with Crippen LogP contribution in [0.5, 0.6) is 11.5 Å². The number of amides is 2. The Morgan fingerprint density at radius 3 is 2.65 bits per heavy atom. The molecule has 0 radical (unpaired) electrons. The molecule has 0 saturated carbocycles. The number of urea groups is 1. The fourth-order valence-corrected chi connectivity index (χ4v) is 4.93. The molecule has 2 fully saturated rings. The average Bonchev–Trinajstić information content (AvgIpc) is 3.33. The molecule has 4 rings (SSSR count). The first kappa shape index (κ1) is 27.2. The fraction of sp³-hybridized carbons (Fsp3) is 0.630. The predicted octanol–water partition coefficient (Wildman–Crippen LogP) is 2.61. The summed E-state index contributed by atoms with van der Waals surface area (Å²) in [5, 5.41) is 3.15. The van der Waals surface area contributed by atoms with Gasteiger partial charge in [-0.1, -0.05) is 0 Å². The highest BCUT2D eigenvalue weighted by molar-refractivity contribution is 5.93. The highest BCUT2D eigenvalue weighted by Crippen LogP contribution is 2.34. The van der Waals surface area contributed by atoms with Gasteiger partial charge in [0.15, 0.2) is 11.5 Å². The van der Waals surface area contributed by atoms with Crippen LogP contribution in [0.1, 0.15) is 25.0 Å². The molecule has 10 nitrogen and oxygen atoms in total. The number of methoxy groups -OCH3 is 1. The summed E-state index contributed by atoms with van der Waals surface area (Å²) in [6.45, 7) is 10.2. The Morgan fingerprint density at radius 2 is 1.95 bits per heavy atom. The van der Waals surface area contributed by atoms with Crippen molar-refractivity contribution in [3.05, 3.63) is 36.4 Å². The Labute approximate surface area is 220 Å². The maximum atomic E-state index is 13.5. The second-order valence-electron chi connectivity index (χ2n) is 9.86. The Bertz CT molecular complexity index is 985. The zero-order valence-corrected chi connectivity index (χ0v) is 22.5. The molecule has 204 valence electrons. The van der Waals surface area contributed by atoms with Crippen LogP contribution >= 0.6 is 0 Å². The molecule has 1 aromatic heterocycles. The number of aromatic nitrogens is 2. The summed E-state index contributed by atoms with van der Waals surface area (Å²) in [5.41, 5.74) is 1.95. The number of carbonyl (C=O) groups excluding carboxylic acids is 1. The summed E-state index contributed by atoms with van der Waals surface area (Å²) in [6.07, 6.45) is 6.38. The fourth-order valence-electron chi connectivity index (χ4n) is 4.93. The number of imidazole rings is 1. The Morgan fingerprint density at radius 1 is 1.16 bits per heavy atom. The zero-order chi connectivity index (χ0) is 26.0. The number of nitrogens with one attached hydrogen (secondary N) is 1. The summed E-state index contributed by atoms with van der Waals surface area (Å²) in [4.78, 5) is 24.2. The number of hydrogen-bond acceptors (Lipinski definition) is 7. The summed E-state index contributed by atoms with van der Waals surface area (Å²) in [6, 6.07) is 5.88.